The molecule has 0 aliphatic heterocycles. The van der Waals surface area contributed by atoms with Crippen molar-refractivity contribution in [2.45, 2.75) is 0 Å². The van der Waals surface area contributed by atoms with Crippen molar-refractivity contribution in [1.82, 2.24) is 10.4 Å². The van der Waals surface area contributed by atoms with Gasteiger partial charge in [0.15, 0.2) is 0 Å². The Bertz CT molecular complexity index is 844. The van der Waals surface area contributed by atoms with Gasteiger partial charge in [0, 0.05) is 23.5 Å². The molecule has 1 aromatic carbocycles. The minimum Gasteiger partial charge on any atom is -0.455 e. The Balaban J connectivity index is 1.68. The van der Waals surface area contributed by atoms with Crippen LogP contribution in [0.3, 0.4) is 0 Å². The van der Waals surface area contributed by atoms with E-state index < -0.39 is 0 Å². The van der Waals surface area contributed by atoms with E-state index in [0.29, 0.717) is 22.1 Å². The van der Waals surface area contributed by atoms with Gasteiger partial charge < -0.3 is 4.42 Å². The number of nitrogens with zero attached hydrogens (tertiary/aromatic N) is 2. The predicted octanol–water partition coefficient (Wildman–Crippen LogP) is 3.76. The zero-order chi connectivity index (χ0) is 16.1. The fourth-order valence-electron chi connectivity index (χ4n) is 1.95. The van der Waals surface area contributed by atoms with E-state index in [-0.39, 0.29) is 5.91 Å². The van der Waals surface area contributed by atoms with Crippen LogP contribution in [-0.4, -0.2) is 17.1 Å². The first-order valence-corrected chi connectivity index (χ1v) is 7.20. The molecular formula is C17H12ClN3O2. The molecule has 0 spiro atoms. The molecule has 0 radical (unpaired) electrons. The summed E-state index contributed by atoms with van der Waals surface area (Å²) in [5, 5.41) is 4.48. The summed E-state index contributed by atoms with van der Waals surface area (Å²) in [6.45, 7) is 0. The molecule has 0 unspecified atom stereocenters. The van der Waals surface area contributed by atoms with Gasteiger partial charge in [-0.3, -0.25) is 9.78 Å². The number of hydrogen-bond donors (Lipinski definition) is 1. The van der Waals surface area contributed by atoms with Crippen LogP contribution < -0.4 is 5.43 Å². The summed E-state index contributed by atoms with van der Waals surface area (Å²) in [6.07, 6.45) is 4.52. The lowest BCUT2D eigenvalue weighted by Crippen LogP contribution is -2.17. The van der Waals surface area contributed by atoms with E-state index in [1.807, 2.05) is 18.2 Å². The molecule has 1 amide bonds. The Morgan fingerprint density at radius 3 is 2.70 bits per heavy atom. The molecule has 114 valence electrons. The van der Waals surface area contributed by atoms with E-state index in [0.717, 1.165) is 5.56 Å². The smallest absolute Gasteiger partial charge is 0.271 e. The first-order chi connectivity index (χ1) is 11.2. The SMILES string of the molecule is O=C(N/N=C\c1ccc(-c2ccccc2Cl)o1)c1ccncc1. The maximum absolute atomic E-state index is 11.8. The topological polar surface area (TPSA) is 67.5 Å². The zero-order valence-electron chi connectivity index (χ0n) is 11.9. The summed E-state index contributed by atoms with van der Waals surface area (Å²) in [5.74, 6) is 0.828. The van der Waals surface area contributed by atoms with Gasteiger partial charge in [-0.2, -0.15) is 5.10 Å². The summed E-state index contributed by atoms with van der Waals surface area (Å²) in [6, 6.07) is 14.2. The normalized spacial score (nSPS) is 10.8. The van der Waals surface area contributed by atoms with Crippen molar-refractivity contribution in [2.24, 2.45) is 5.10 Å². The van der Waals surface area contributed by atoms with Gasteiger partial charge in [-0.1, -0.05) is 23.7 Å². The standard InChI is InChI=1S/C17H12ClN3O2/c18-15-4-2-1-3-14(15)16-6-5-13(23-16)11-20-21-17(22)12-7-9-19-10-8-12/h1-11H,(H,21,22)/b20-11-. The lowest BCUT2D eigenvalue weighted by molar-refractivity contribution is 0.0955. The molecule has 2 heterocycles. The molecule has 3 rings (SSSR count). The van der Waals surface area contributed by atoms with Gasteiger partial charge >= 0.3 is 0 Å². The molecular weight excluding hydrogens is 314 g/mol. The third-order valence-electron chi connectivity index (χ3n) is 3.07. The van der Waals surface area contributed by atoms with Crippen LogP contribution in [-0.2, 0) is 0 Å². The first-order valence-electron chi connectivity index (χ1n) is 6.82. The molecule has 1 N–H and O–H groups in total. The van der Waals surface area contributed by atoms with Crippen LogP contribution in [0.5, 0.6) is 0 Å². The van der Waals surface area contributed by atoms with Crippen molar-refractivity contribution in [3.63, 3.8) is 0 Å². The van der Waals surface area contributed by atoms with Crippen LogP contribution in [0, 0.1) is 0 Å². The van der Waals surface area contributed by atoms with Crippen molar-refractivity contribution >= 4 is 23.7 Å². The van der Waals surface area contributed by atoms with Crippen LogP contribution in [0.15, 0.2) is 70.4 Å². The second kappa shape index (κ2) is 6.89. The number of furan rings is 1. The number of hydrogen-bond acceptors (Lipinski definition) is 4. The van der Waals surface area contributed by atoms with E-state index in [2.05, 4.69) is 15.5 Å². The van der Waals surface area contributed by atoms with E-state index in [9.17, 15) is 4.79 Å². The Labute approximate surface area is 137 Å². The molecule has 0 atom stereocenters. The van der Waals surface area contributed by atoms with Crippen molar-refractivity contribution < 1.29 is 9.21 Å². The number of carbonyl (C=O) groups excluding carboxylic acids is 1. The maximum Gasteiger partial charge on any atom is 0.271 e. The van der Waals surface area contributed by atoms with Crippen molar-refractivity contribution in [3.8, 4) is 11.3 Å². The fraction of sp³-hybridized carbons (Fsp3) is 0. The highest BCUT2D eigenvalue weighted by Gasteiger charge is 2.07. The van der Waals surface area contributed by atoms with Crippen LogP contribution in [0.2, 0.25) is 5.02 Å². The monoisotopic (exact) mass is 325 g/mol. The molecule has 3 aromatic rings. The Morgan fingerprint density at radius 2 is 1.91 bits per heavy atom. The first kappa shape index (κ1) is 15.0. The van der Waals surface area contributed by atoms with Gasteiger partial charge in [-0.05, 0) is 36.4 Å². The van der Waals surface area contributed by atoms with E-state index in [1.165, 1.54) is 6.21 Å². The number of amides is 1. The third kappa shape index (κ3) is 3.64. The fourth-order valence-corrected chi connectivity index (χ4v) is 2.18. The number of hydrazone groups is 1. The van der Waals surface area contributed by atoms with Crippen LogP contribution in [0.1, 0.15) is 16.1 Å². The van der Waals surface area contributed by atoms with Gasteiger partial charge in [-0.25, -0.2) is 5.43 Å². The minimum absolute atomic E-state index is 0.318. The average molecular weight is 326 g/mol. The van der Waals surface area contributed by atoms with E-state index >= 15 is 0 Å². The molecule has 0 saturated carbocycles. The number of carbonyl (C=O) groups is 1. The second-order valence-electron chi connectivity index (χ2n) is 4.62. The third-order valence-corrected chi connectivity index (χ3v) is 3.40. The number of halogens is 1. The quantitative estimate of drug-likeness (QED) is 0.586. The predicted molar refractivity (Wildman–Crippen MR) is 88.5 cm³/mol. The van der Waals surface area contributed by atoms with Crippen molar-refractivity contribution in [1.29, 1.82) is 0 Å². The molecule has 5 nitrogen and oxygen atoms in total. The van der Waals surface area contributed by atoms with E-state index in [1.54, 1.807) is 42.7 Å². The Morgan fingerprint density at radius 1 is 1.13 bits per heavy atom. The van der Waals surface area contributed by atoms with Crippen LogP contribution in [0.4, 0.5) is 0 Å². The Hall–Kier alpha value is -2.92. The molecule has 0 aliphatic rings. The number of benzene rings is 1. The minimum atomic E-state index is -0.318. The lowest BCUT2D eigenvalue weighted by atomic mass is 10.2. The number of pyridine rings is 1. The molecule has 0 fully saturated rings. The van der Waals surface area contributed by atoms with E-state index in [4.69, 9.17) is 16.0 Å². The zero-order valence-corrected chi connectivity index (χ0v) is 12.7. The average Bonchev–Trinajstić information content (AvgIpc) is 3.04. The highest BCUT2D eigenvalue weighted by molar-refractivity contribution is 6.33. The summed E-state index contributed by atoms with van der Waals surface area (Å²) in [4.78, 5) is 15.7. The molecule has 0 saturated heterocycles. The maximum atomic E-state index is 11.8. The molecule has 0 bridgehead atoms. The van der Waals surface area contributed by atoms with Crippen LogP contribution >= 0.6 is 11.6 Å². The molecule has 6 heteroatoms. The number of rotatable bonds is 4. The van der Waals surface area contributed by atoms with Gasteiger partial charge in [0.2, 0.25) is 0 Å². The van der Waals surface area contributed by atoms with Crippen molar-refractivity contribution in [2.75, 3.05) is 0 Å². The number of aromatic nitrogens is 1. The summed E-state index contributed by atoms with van der Waals surface area (Å²) in [5.41, 5.74) is 3.71. The molecule has 23 heavy (non-hydrogen) atoms. The van der Waals surface area contributed by atoms with Gasteiger partial charge in [0.05, 0.1) is 11.2 Å². The Kier molecular flexibility index (Phi) is 4.49. The van der Waals surface area contributed by atoms with Gasteiger partial charge in [0.1, 0.15) is 11.5 Å². The summed E-state index contributed by atoms with van der Waals surface area (Å²) >= 11 is 6.13. The lowest BCUT2D eigenvalue weighted by Gasteiger charge is -1.99. The van der Waals surface area contributed by atoms with Crippen molar-refractivity contribution in [3.05, 3.63) is 77.3 Å². The largest absolute Gasteiger partial charge is 0.455 e. The highest BCUT2D eigenvalue weighted by Crippen LogP contribution is 2.28. The second-order valence-corrected chi connectivity index (χ2v) is 5.02. The molecule has 0 aliphatic carbocycles. The summed E-state index contributed by atoms with van der Waals surface area (Å²) < 4.78 is 5.64. The number of nitrogens with one attached hydrogen (secondary N) is 1. The van der Waals surface area contributed by atoms with Gasteiger partial charge in [0.25, 0.3) is 5.91 Å². The van der Waals surface area contributed by atoms with Crippen LogP contribution in [0.25, 0.3) is 11.3 Å². The molecule has 2 aromatic heterocycles. The summed E-state index contributed by atoms with van der Waals surface area (Å²) in [7, 11) is 0. The highest BCUT2D eigenvalue weighted by atomic mass is 35.5. The van der Waals surface area contributed by atoms with Gasteiger partial charge in [-0.15, -0.1) is 0 Å².